The Labute approximate surface area is 169 Å². The van der Waals surface area contributed by atoms with Gasteiger partial charge in [0, 0.05) is 31.3 Å². The zero-order valence-electron chi connectivity index (χ0n) is 16.0. The Morgan fingerprint density at radius 3 is 2.45 bits per heavy atom. The van der Waals surface area contributed by atoms with Gasteiger partial charge in [-0.05, 0) is 36.6 Å². The van der Waals surface area contributed by atoms with Crippen LogP contribution in [0.15, 0.2) is 54.6 Å². The zero-order valence-corrected chi connectivity index (χ0v) is 16.0. The lowest BCUT2D eigenvalue weighted by molar-refractivity contribution is -0.384. The summed E-state index contributed by atoms with van der Waals surface area (Å²) in [7, 11) is 0. The summed E-state index contributed by atoms with van der Waals surface area (Å²) in [5, 5.41) is 13.6. The van der Waals surface area contributed by atoms with Gasteiger partial charge >= 0.3 is 0 Å². The molecule has 1 N–H and O–H groups in total. The van der Waals surface area contributed by atoms with E-state index in [0.29, 0.717) is 16.8 Å². The highest BCUT2D eigenvalue weighted by Gasteiger charge is 2.20. The minimum absolute atomic E-state index is 0.0408. The lowest BCUT2D eigenvalue weighted by Gasteiger charge is -2.21. The van der Waals surface area contributed by atoms with Gasteiger partial charge in [0.2, 0.25) is 5.91 Å². The van der Waals surface area contributed by atoms with Crippen LogP contribution in [0.3, 0.4) is 0 Å². The zero-order chi connectivity index (χ0) is 20.6. The summed E-state index contributed by atoms with van der Waals surface area (Å²) in [6.07, 6.45) is 7.04. The molecule has 0 saturated carbocycles. The van der Waals surface area contributed by atoms with Crippen molar-refractivity contribution in [3.63, 3.8) is 0 Å². The number of non-ortho nitro benzene ring substituents is 1. The maximum Gasteiger partial charge on any atom is 0.270 e. The van der Waals surface area contributed by atoms with E-state index in [1.807, 2.05) is 4.90 Å². The van der Waals surface area contributed by atoms with Gasteiger partial charge in [-0.15, -0.1) is 0 Å². The van der Waals surface area contributed by atoms with E-state index >= 15 is 0 Å². The van der Waals surface area contributed by atoms with Crippen LogP contribution in [-0.4, -0.2) is 34.7 Å². The number of benzene rings is 2. The van der Waals surface area contributed by atoms with Crippen molar-refractivity contribution in [1.29, 1.82) is 0 Å². The quantitative estimate of drug-likeness (QED) is 0.467. The highest BCUT2D eigenvalue weighted by atomic mass is 16.6. The van der Waals surface area contributed by atoms with E-state index in [-0.39, 0.29) is 11.6 Å². The van der Waals surface area contributed by atoms with Gasteiger partial charge in [-0.2, -0.15) is 0 Å². The van der Waals surface area contributed by atoms with Crippen LogP contribution in [0.1, 0.15) is 41.6 Å². The number of nitrogens with one attached hydrogen (secondary N) is 1. The minimum atomic E-state index is -0.484. The molecular weight excluding hydrogens is 370 g/mol. The Bertz CT molecular complexity index is 931. The largest absolute Gasteiger partial charge is 0.339 e. The summed E-state index contributed by atoms with van der Waals surface area (Å²) in [4.78, 5) is 37.5. The number of para-hydroxylation sites is 1. The second-order valence-electron chi connectivity index (χ2n) is 6.93. The Hall–Kier alpha value is -3.48. The first-order valence-corrected chi connectivity index (χ1v) is 9.66. The Kier molecular flexibility index (Phi) is 6.73. The monoisotopic (exact) mass is 393 g/mol. The van der Waals surface area contributed by atoms with E-state index in [1.165, 1.54) is 24.3 Å². The van der Waals surface area contributed by atoms with E-state index in [0.717, 1.165) is 38.8 Å². The number of nitro benzene ring substituents is 1. The van der Waals surface area contributed by atoms with Crippen molar-refractivity contribution in [2.24, 2.45) is 0 Å². The Morgan fingerprint density at radius 2 is 1.72 bits per heavy atom. The maximum atomic E-state index is 12.9. The molecule has 2 amide bonds. The van der Waals surface area contributed by atoms with Gasteiger partial charge in [-0.1, -0.05) is 37.1 Å². The second kappa shape index (κ2) is 9.64. The molecule has 0 bridgehead atoms. The molecule has 2 aromatic rings. The predicted octanol–water partition coefficient (Wildman–Crippen LogP) is 4.26. The number of rotatable bonds is 5. The van der Waals surface area contributed by atoms with E-state index in [2.05, 4.69) is 5.32 Å². The molecule has 1 aliphatic heterocycles. The summed E-state index contributed by atoms with van der Waals surface area (Å²) in [6.45, 7) is 1.46. The second-order valence-corrected chi connectivity index (χ2v) is 6.93. The normalized spacial score (nSPS) is 14.4. The van der Waals surface area contributed by atoms with Gasteiger partial charge in [0.25, 0.3) is 11.6 Å². The average molecular weight is 393 g/mol. The third-order valence-corrected chi connectivity index (χ3v) is 4.82. The van der Waals surface area contributed by atoms with Crippen molar-refractivity contribution in [3.8, 4) is 0 Å². The molecule has 0 aromatic heterocycles. The molecule has 3 rings (SSSR count). The first-order chi connectivity index (χ1) is 14.0. The highest BCUT2D eigenvalue weighted by molar-refractivity contribution is 6.07. The molecule has 29 heavy (non-hydrogen) atoms. The van der Waals surface area contributed by atoms with Gasteiger partial charge in [-0.25, -0.2) is 0 Å². The number of hydrogen-bond donors (Lipinski definition) is 1. The minimum Gasteiger partial charge on any atom is -0.339 e. The molecular formula is C22H23N3O4. The summed E-state index contributed by atoms with van der Waals surface area (Å²) < 4.78 is 0. The fourth-order valence-electron chi connectivity index (χ4n) is 3.31. The van der Waals surface area contributed by atoms with Crippen molar-refractivity contribution >= 4 is 29.3 Å². The molecule has 7 heteroatoms. The molecule has 150 valence electrons. The van der Waals surface area contributed by atoms with Crippen LogP contribution in [0.2, 0.25) is 0 Å². The van der Waals surface area contributed by atoms with Crippen LogP contribution < -0.4 is 5.32 Å². The Morgan fingerprint density at radius 1 is 1.00 bits per heavy atom. The van der Waals surface area contributed by atoms with Crippen molar-refractivity contribution < 1.29 is 14.5 Å². The van der Waals surface area contributed by atoms with Gasteiger partial charge in [0.1, 0.15) is 0 Å². The molecule has 0 atom stereocenters. The van der Waals surface area contributed by atoms with Gasteiger partial charge in [-0.3, -0.25) is 19.7 Å². The van der Waals surface area contributed by atoms with Crippen LogP contribution in [0, 0.1) is 10.1 Å². The van der Waals surface area contributed by atoms with Crippen molar-refractivity contribution in [2.75, 3.05) is 18.4 Å². The lowest BCUT2D eigenvalue weighted by Crippen LogP contribution is -2.32. The number of nitro groups is 1. The van der Waals surface area contributed by atoms with E-state index in [9.17, 15) is 19.7 Å². The Balaban J connectivity index is 1.71. The lowest BCUT2D eigenvalue weighted by atomic mass is 10.1. The number of carbonyl (C=O) groups excluding carboxylic acids is 2. The van der Waals surface area contributed by atoms with Crippen LogP contribution in [0.25, 0.3) is 6.08 Å². The molecule has 0 unspecified atom stereocenters. The van der Waals surface area contributed by atoms with Crippen LogP contribution >= 0.6 is 0 Å². The highest BCUT2D eigenvalue weighted by Crippen LogP contribution is 2.20. The average Bonchev–Trinajstić information content (AvgIpc) is 3.02. The van der Waals surface area contributed by atoms with Crippen LogP contribution in [-0.2, 0) is 4.79 Å². The third-order valence-electron chi connectivity index (χ3n) is 4.82. The molecule has 1 heterocycles. The number of carbonyl (C=O) groups is 2. The van der Waals surface area contributed by atoms with E-state index < -0.39 is 10.8 Å². The smallest absolute Gasteiger partial charge is 0.270 e. The molecule has 1 aliphatic rings. The fourth-order valence-corrected chi connectivity index (χ4v) is 3.31. The summed E-state index contributed by atoms with van der Waals surface area (Å²) >= 11 is 0. The molecule has 1 saturated heterocycles. The van der Waals surface area contributed by atoms with Crippen LogP contribution in [0.4, 0.5) is 11.4 Å². The van der Waals surface area contributed by atoms with Crippen molar-refractivity contribution in [1.82, 2.24) is 4.90 Å². The van der Waals surface area contributed by atoms with Crippen LogP contribution in [0.5, 0.6) is 0 Å². The first kappa shape index (κ1) is 20.3. The maximum absolute atomic E-state index is 12.9. The van der Waals surface area contributed by atoms with Crippen molar-refractivity contribution in [2.45, 2.75) is 25.7 Å². The molecule has 0 radical (unpaired) electrons. The number of anilines is 1. The van der Waals surface area contributed by atoms with Gasteiger partial charge in [0.15, 0.2) is 0 Å². The third kappa shape index (κ3) is 5.51. The first-order valence-electron chi connectivity index (χ1n) is 9.66. The number of amides is 2. The molecule has 0 spiro atoms. The van der Waals surface area contributed by atoms with Gasteiger partial charge in [0.05, 0.1) is 16.2 Å². The standard InChI is InChI=1S/C22H23N3O4/c26-21(13-12-17-8-7-9-18(16-17)25(28)29)23-20-11-4-3-10-19(20)22(27)24-14-5-1-2-6-15-24/h3-4,7-13,16H,1-2,5-6,14-15H2,(H,23,26)/b13-12+. The summed E-state index contributed by atoms with van der Waals surface area (Å²) in [5.41, 5.74) is 1.42. The number of likely N-dealkylation sites (tertiary alicyclic amines) is 1. The fraction of sp³-hybridized carbons (Fsp3) is 0.273. The summed E-state index contributed by atoms with van der Waals surface area (Å²) in [6, 6.07) is 13.0. The molecule has 2 aromatic carbocycles. The molecule has 1 fully saturated rings. The van der Waals surface area contributed by atoms with Crippen molar-refractivity contribution in [3.05, 3.63) is 75.8 Å². The number of hydrogen-bond acceptors (Lipinski definition) is 4. The predicted molar refractivity (Wildman–Crippen MR) is 112 cm³/mol. The van der Waals surface area contributed by atoms with Gasteiger partial charge < -0.3 is 10.2 Å². The molecule has 0 aliphatic carbocycles. The van der Waals surface area contributed by atoms with E-state index in [1.54, 1.807) is 36.4 Å². The topological polar surface area (TPSA) is 92.5 Å². The summed E-state index contributed by atoms with van der Waals surface area (Å²) in [5.74, 6) is -0.488. The number of nitrogens with zero attached hydrogens (tertiary/aromatic N) is 2. The van der Waals surface area contributed by atoms with E-state index in [4.69, 9.17) is 0 Å². The molecule has 7 nitrogen and oxygen atoms in total. The SMILES string of the molecule is O=C(/C=C/c1cccc([N+](=O)[O-])c1)Nc1ccccc1C(=O)N1CCCCCC1.